The summed E-state index contributed by atoms with van der Waals surface area (Å²) in [6.45, 7) is 5.47. The van der Waals surface area contributed by atoms with E-state index in [1.54, 1.807) is 26.8 Å². The molecule has 0 aliphatic rings. The van der Waals surface area contributed by atoms with Gasteiger partial charge in [-0.25, -0.2) is 0 Å². The van der Waals surface area contributed by atoms with Gasteiger partial charge >= 0.3 is 5.97 Å². The first-order valence-corrected chi connectivity index (χ1v) is 4.85. The van der Waals surface area contributed by atoms with E-state index in [4.69, 9.17) is 10.00 Å². The Morgan fingerprint density at radius 3 is 2.47 bits per heavy atom. The summed E-state index contributed by atoms with van der Waals surface area (Å²) in [6, 6.07) is 1.65. The molecule has 0 fully saturated rings. The third-order valence-electron chi connectivity index (χ3n) is 1.78. The first-order valence-electron chi connectivity index (χ1n) is 4.85. The van der Waals surface area contributed by atoms with E-state index in [0.717, 1.165) is 0 Å². The highest BCUT2D eigenvalue weighted by molar-refractivity contribution is 5.83. The predicted molar refractivity (Wildman–Crippen MR) is 53.7 cm³/mol. The summed E-state index contributed by atoms with van der Waals surface area (Å²) in [5, 5.41) is 8.39. The van der Waals surface area contributed by atoms with Crippen LogP contribution >= 0.6 is 0 Å². The first kappa shape index (κ1) is 13.4. The Bertz CT molecular complexity index is 268. The van der Waals surface area contributed by atoms with E-state index in [1.165, 1.54) is 4.90 Å². The minimum absolute atomic E-state index is 0.0913. The average molecular weight is 212 g/mol. The van der Waals surface area contributed by atoms with Gasteiger partial charge in [-0.2, -0.15) is 5.26 Å². The third kappa shape index (κ3) is 5.01. The number of hydrogen-bond acceptors (Lipinski definition) is 4. The molecule has 0 atom stereocenters. The SMILES string of the molecule is CCOC(=O)CN(C(=O)CC#N)C(C)C. The molecule has 0 spiro atoms. The van der Waals surface area contributed by atoms with Crippen molar-refractivity contribution in [2.45, 2.75) is 33.2 Å². The number of ether oxygens (including phenoxy) is 1. The van der Waals surface area contributed by atoms with Crippen LogP contribution in [0.4, 0.5) is 0 Å². The summed E-state index contributed by atoms with van der Waals surface area (Å²) in [5.74, 6) is -0.793. The van der Waals surface area contributed by atoms with Gasteiger partial charge in [-0.05, 0) is 20.8 Å². The lowest BCUT2D eigenvalue weighted by Crippen LogP contribution is -2.41. The van der Waals surface area contributed by atoms with E-state index < -0.39 is 5.97 Å². The van der Waals surface area contributed by atoms with Crippen LogP contribution in [-0.2, 0) is 14.3 Å². The molecule has 0 aliphatic carbocycles. The van der Waals surface area contributed by atoms with Gasteiger partial charge in [0.15, 0.2) is 0 Å². The standard InChI is InChI=1S/C10H16N2O3/c1-4-15-10(14)7-12(8(2)3)9(13)5-6-11/h8H,4-5,7H2,1-3H3. The van der Waals surface area contributed by atoms with Gasteiger partial charge in [0.25, 0.3) is 0 Å². The monoisotopic (exact) mass is 212 g/mol. The van der Waals surface area contributed by atoms with E-state index in [0.29, 0.717) is 0 Å². The Balaban J connectivity index is 4.35. The van der Waals surface area contributed by atoms with E-state index in [9.17, 15) is 9.59 Å². The first-order chi connectivity index (χ1) is 7.02. The van der Waals surface area contributed by atoms with Crippen molar-refractivity contribution < 1.29 is 14.3 Å². The molecule has 0 rings (SSSR count). The molecule has 0 unspecified atom stereocenters. The molecule has 0 saturated carbocycles. The minimum Gasteiger partial charge on any atom is -0.465 e. The molecule has 0 radical (unpaired) electrons. The van der Waals surface area contributed by atoms with Gasteiger partial charge in [0.05, 0.1) is 12.7 Å². The van der Waals surface area contributed by atoms with Crippen molar-refractivity contribution in [1.82, 2.24) is 4.90 Å². The van der Waals surface area contributed by atoms with Gasteiger partial charge in [-0.15, -0.1) is 0 Å². The third-order valence-corrected chi connectivity index (χ3v) is 1.78. The van der Waals surface area contributed by atoms with Crippen LogP contribution in [0.5, 0.6) is 0 Å². The molecule has 1 amide bonds. The van der Waals surface area contributed by atoms with Crippen LogP contribution < -0.4 is 0 Å². The number of hydrogen-bond donors (Lipinski definition) is 0. The van der Waals surface area contributed by atoms with Crippen molar-refractivity contribution in [3.63, 3.8) is 0 Å². The van der Waals surface area contributed by atoms with Crippen LogP contribution in [-0.4, -0.2) is 36.0 Å². The number of esters is 1. The van der Waals surface area contributed by atoms with Gasteiger partial charge in [-0.1, -0.05) is 0 Å². The molecule has 5 nitrogen and oxygen atoms in total. The largest absolute Gasteiger partial charge is 0.465 e. The topological polar surface area (TPSA) is 70.4 Å². The summed E-state index contributed by atoms with van der Waals surface area (Å²) >= 11 is 0. The van der Waals surface area contributed by atoms with Crippen molar-refractivity contribution in [3.8, 4) is 6.07 Å². The molecule has 0 aromatic carbocycles. The van der Waals surface area contributed by atoms with Crippen molar-refractivity contribution in [2.24, 2.45) is 0 Å². The number of rotatable bonds is 5. The minimum atomic E-state index is -0.447. The van der Waals surface area contributed by atoms with Crippen LogP contribution in [0.3, 0.4) is 0 Å². The molecule has 5 heteroatoms. The fraction of sp³-hybridized carbons (Fsp3) is 0.700. The summed E-state index contributed by atoms with van der Waals surface area (Å²) in [7, 11) is 0. The number of carbonyl (C=O) groups excluding carboxylic acids is 2. The average Bonchev–Trinajstić information content (AvgIpc) is 2.14. The van der Waals surface area contributed by atoms with Gasteiger partial charge in [0, 0.05) is 6.04 Å². The van der Waals surface area contributed by atoms with Crippen LogP contribution in [0.25, 0.3) is 0 Å². The molecule has 0 bridgehead atoms. The van der Waals surface area contributed by atoms with E-state index >= 15 is 0 Å². The maximum absolute atomic E-state index is 11.4. The second-order valence-corrected chi connectivity index (χ2v) is 3.26. The van der Waals surface area contributed by atoms with Crippen LogP contribution in [0.1, 0.15) is 27.2 Å². The van der Waals surface area contributed by atoms with Crippen molar-refractivity contribution in [3.05, 3.63) is 0 Å². The van der Waals surface area contributed by atoms with Crippen molar-refractivity contribution >= 4 is 11.9 Å². The molecule has 0 saturated heterocycles. The summed E-state index contributed by atoms with van der Waals surface area (Å²) in [6.07, 6.45) is -0.211. The maximum Gasteiger partial charge on any atom is 0.325 e. The van der Waals surface area contributed by atoms with E-state index in [-0.39, 0.29) is 31.5 Å². The lowest BCUT2D eigenvalue weighted by Gasteiger charge is -2.24. The molecule has 0 aliphatic heterocycles. The highest BCUT2D eigenvalue weighted by Crippen LogP contribution is 2.01. The highest BCUT2D eigenvalue weighted by atomic mass is 16.5. The van der Waals surface area contributed by atoms with Crippen molar-refractivity contribution in [1.29, 1.82) is 5.26 Å². The zero-order valence-corrected chi connectivity index (χ0v) is 9.32. The zero-order chi connectivity index (χ0) is 11.8. The predicted octanol–water partition coefficient (Wildman–Crippen LogP) is 0.700. The Hall–Kier alpha value is -1.57. The smallest absolute Gasteiger partial charge is 0.325 e. The molecule has 0 heterocycles. The number of amides is 1. The summed E-state index contributed by atoms with van der Waals surface area (Å²) < 4.78 is 4.74. The number of nitrogens with zero attached hydrogens (tertiary/aromatic N) is 2. The Morgan fingerprint density at radius 1 is 1.47 bits per heavy atom. The number of carbonyl (C=O) groups is 2. The summed E-state index contributed by atoms with van der Waals surface area (Å²) in [4.78, 5) is 23.9. The zero-order valence-electron chi connectivity index (χ0n) is 9.32. The van der Waals surface area contributed by atoms with Gasteiger partial charge in [0.2, 0.25) is 5.91 Å². The lowest BCUT2D eigenvalue weighted by atomic mass is 10.3. The molecule has 0 aromatic rings. The normalized spacial score (nSPS) is 9.53. The van der Waals surface area contributed by atoms with Crippen molar-refractivity contribution in [2.75, 3.05) is 13.2 Å². The van der Waals surface area contributed by atoms with Gasteiger partial charge in [-0.3, -0.25) is 9.59 Å². The quantitative estimate of drug-likeness (QED) is 0.629. The molecular formula is C10H16N2O3. The lowest BCUT2D eigenvalue weighted by molar-refractivity contribution is -0.149. The Morgan fingerprint density at radius 2 is 2.07 bits per heavy atom. The number of nitriles is 1. The second kappa shape index (κ2) is 6.82. The van der Waals surface area contributed by atoms with E-state index in [1.807, 2.05) is 0 Å². The van der Waals surface area contributed by atoms with Gasteiger partial charge in [0.1, 0.15) is 13.0 Å². The fourth-order valence-corrected chi connectivity index (χ4v) is 1.07. The molecule has 0 aromatic heterocycles. The second-order valence-electron chi connectivity index (χ2n) is 3.26. The van der Waals surface area contributed by atoms with Gasteiger partial charge < -0.3 is 9.64 Å². The van der Waals surface area contributed by atoms with Crippen LogP contribution in [0.15, 0.2) is 0 Å². The molecule has 0 N–H and O–H groups in total. The summed E-state index contributed by atoms with van der Waals surface area (Å²) in [5.41, 5.74) is 0. The Labute approximate surface area is 89.6 Å². The fourth-order valence-electron chi connectivity index (χ4n) is 1.07. The Kier molecular flexibility index (Phi) is 6.11. The van der Waals surface area contributed by atoms with E-state index in [2.05, 4.69) is 0 Å². The highest BCUT2D eigenvalue weighted by Gasteiger charge is 2.20. The molecule has 84 valence electrons. The maximum atomic E-state index is 11.4. The molecule has 15 heavy (non-hydrogen) atoms. The molecular weight excluding hydrogens is 196 g/mol. The van der Waals surface area contributed by atoms with Crippen LogP contribution in [0, 0.1) is 11.3 Å². The van der Waals surface area contributed by atoms with Crippen LogP contribution in [0.2, 0.25) is 0 Å².